The van der Waals surface area contributed by atoms with E-state index >= 15 is 0 Å². The Morgan fingerprint density at radius 1 is 1.21 bits per heavy atom. The number of benzene rings is 1. The fraction of sp³-hybridized carbons (Fsp3) is 0.167. The molecule has 1 aromatic carbocycles. The van der Waals surface area contributed by atoms with Gasteiger partial charge in [0.05, 0.1) is 16.4 Å². The Morgan fingerprint density at radius 2 is 1.79 bits per heavy atom. The molecule has 19 heavy (non-hydrogen) atoms. The van der Waals surface area contributed by atoms with Gasteiger partial charge in [-0.3, -0.25) is 9.59 Å². The van der Waals surface area contributed by atoms with E-state index in [0.717, 1.165) is 0 Å². The molecule has 0 unspecified atom stereocenters. The number of nitrogens with zero attached hydrogens (tertiary/aromatic N) is 2. The molecule has 96 valence electrons. The first-order valence-electron chi connectivity index (χ1n) is 5.38. The van der Waals surface area contributed by atoms with Crippen LogP contribution in [0.1, 0.15) is 23.2 Å². The number of carbonyl (C=O) groups excluding carboxylic acids is 3. The number of imide groups is 1. The number of amides is 2. The Morgan fingerprint density at radius 3 is 2.32 bits per heavy atom. The average Bonchev–Trinajstić information content (AvgIpc) is 2.72. The van der Waals surface area contributed by atoms with Crippen LogP contribution in [0.2, 0.25) is 0 Å². The van der Waals surface area contributed by atoms with E-state index in [1.807, 2.05) is 0 Å². The molecule has 1 fully saturated rings. The number of isothiocyanates is 1. The maximum atomic E-state index is 11.7. The maximum absolute atomic E-state index is 11.7. The molecule has 0 aromatic heterocycles. The highest BCUT2D eigenvalue weighted by Crippen LogP contribution is 2.16. The molecule has 0 saturated carbocycles. The number of aliphatic imine (C=N–C) groups is 1. The predicted octanol–water partition coefficient (Wildman–Crippen LogP) is 1.64. The molecule has 6 nitrogen and oxygen atoms in total. The first-order chi connectivity index (χ1) is 9.11. The molecule has 1 aromatic rings. The van der Waals surface area contributed by atoms with Gasteiger partial charge in [0.1, 0.15) is 0 Å². The molecule has 1 saturated heterocycles. The predicted molar refractivity (Wildman–Crippen MR) is 67.6 cm³/mol. The van der Waals surface area contributed by atoms with Crippen LogP contribution >= 0.6 is 12.2 Å². The molecular formula is C12H8N2O4S. The van der Waals surface area contributed by atoms with Crippen molar-refractivity contribution in [1.82, 2.24) is 5.06 Å². The van der Waals surface area contributed by atoms with Crippen LogP contribution in [0.25, 0.3) is 0 Å². The van der Waals surface area contributed by atoms with E-state index in [9.17, 15) is 14.4 Å². The van der Waals surface area contributed by atoms with E-state index in [1.54, 1.807) is 12.1 Å². The van der Waals surface area contributed by atoms with E-state index in [-0.39, 0.29) is 18.4 Å². The zero-order valence-corrected chi connectivity index (χ0v) is 10.5. The minimum Gasteiger partial charge on any atom is -0.325 e. The van der Waals surface area contributed by atoms with Gasteiger partial charge in [-0.15, -0.1) is 5.06 Å². The van der Waals surface area contributed by atoms with E-state index in [2.05, 4.69) is 22.4 Å². The van der Waals surface area contributed by atoms with E-state index < -0.39 is 17.8 Å². The summed E-state index contributed by atoms with van der Waals surface area (Å²) in [5.74, 6) is -1.80. The number of hydrogen-bond acceptors (Lipinski definition) is 6. The fourth-order valence-electron chi connectivity index (χ4n) is 1.52. The van der Waals surface area contributed by atoms with Gasteiger partial charge in [0, 0.05) is 12.8 Å². The summed E-state index contributed by atoms with van der Waals surface area (Å²) in [5, 5.41) is 2.70. The summed E-state index contributed by atoms with van der Waals surface area (Å²) < 4.78 is 0. The van der Waals surface area contributed by atoms with Gasteiger partial charge in [-0.05, 0) is 36.5 Å². The van der Waals surface area contributed by atoms with E-state index in [1.165, 1.54) is 12.1 Å². The lowest BCUT2D eigenvalue weighted by atomic mass is 10.2. The second kappa shape index (κ2) is 5.51. The van der Waals surface area contributed by atoms with Crippen molar-refractivity contribution in [2.24, 2.45) is 4.99 Å². The zero-order valence-electron chi connectivity index (χ0n) is 9.66. The highest BCUT2D eigenvalue weighted by Gasteiger charge is 2.33. The monoisotopic (exact) mass is 276 g/mol. The van der Waals surface area contributed by atoms with Crippen LogP contribution in [0, 0.1) is 0 Å². The number of carbonyl (C=O) groups is 3. The molecule has 1 aliphatic heterocycles. The number of thiocarbonyl (C=S) groups is 1. The lowest BCUT2D eigenvalue weighted by molar-refractivity contribution is -0.172. The quantitative estimate of drug-likeness (QED) is 0.476. The summed E-state index contributed by atoms with van der Waals surface area (Å²) in [6, 6.07) is 6.00. The van der Waals surface area contributed by atoms with Crippen LogP contribution in [0.5, 0.6) is 0 Å². The van der Waals surface area contributed by atoms with Crippen LogP contribution < -0.4 is 0 Å². The second-order valence-corrected chi connectivity index (χ2v) is 3.89. The Hall–Kier alpha value is -2.37. The molecule has 0 N–H and O–H groups in total. The molecule has 1 heterocycles. The van der Waals surface area contributed by atoms with Crippen molar-refractivity contribution in [2.75, 3.05) is 0 Å². The van der Waals surface area contributed by atoms with Crippen LogP contribution in [0.3, 0.4) is 0 Å². The highest BCUT2D eigenvalue weighted by atomic mass is 32.1. The molecule has 7 heteroatoms. The summed E-state index contributed by atoms with van der Waals surface area (Å²) in [5.41, 5.74) is 0.746. The van der Waals surface area contributed by atoms with Gasteiger partial charge in [-0.25, -0.2) is 4.79 Å². The third-order valence-electron chi connectivity index (χ3n) is 2.46. The van der Waals surface area contributed by atoms with E-state index in [4.69, 9.17) is 4.84 Å². The van der Waals surface area contributed by atoms with Crippen LogP contribution in [-0.4, -0.2) is 28.0 Å². The summed E-state index contributed by atoms with van der Waals surface area (Å²) >= 11 is 4.45. The largest absolute Gasteiger partial charge is 0.363 e. The smallest absolute Gasteiger partial charge is 0.325 e. The third kappa shape index (κ3) is 2.90. The Labute approximate surface area is 113 Å². The maximum Gasteiger partial charge on any atom is 0.363 e. The van der Waals surface area contributed by atoms with Gasteiger partial charge in [0.2, 0.25) is 0 Å². The molecule has 2 rings (SSSR count). The standard InChI is InChI=1S/C12H8N2O4S/c15-10-5-6-11(16)14(10)18-12(17)8-1-3-9(4-2-8)13-7-19/h1-4H,5-6H2. The Bertz CT molecular complexity index is 574. The molecule has 0 bridgehead atoms. The molecule has 0 aliphatic carbocycles. The van der Waals surface area contributed by atoms with Crippen molar-refractivity contribution in [3.63, 3.8) is 0 Å². The topological polar surface area (TPSA) is 76.0 Å². The first-order valence-corrected chi connectivity index (χ1v) is 5.78. The molecule has 2 amide bonds. The molecule has 0 radical (unpaired) electrons. The Kier molecular flexibility index (Phi) is 3.79. The molecular weight excluding hydrogens is 268 g/mol. The summed E-state index contributed by atoms with van der Waals surface area (Å²) in [4.78, 5) is 42.8. The SMILES string of the molecule is O=C(ON1C(=O)CCC1=O)c1ccc(N=C=S)cc1. The van der Waals surface area contributed by atoms with Crippen LogP contribution in [-0.2, 0) is 14.4 Å². The van der Waals surface area contributed by atoms with Crippen molar-refractivity contribution in [1.29, 1.82) is 0 Å². The van der Waals surface area contributed by atoms with Crippen molar-refractivity contribution >= 4 is 40.9 Å². The number of hydroxylamine groups is 2. The summed E-state index contributed by atoms with van der Waals surface area (Å²) in [6.45, 7) is 0. The van der Waals surface area contributed by atoms with Gasteiger partial charge in [0.25, 0.3) is 11.8 Å². The lowest BCUT2D eigenvalue weighted by Gasteiger charge is -2.12. The lowest BCUT2D eigenvalue weighted by Crippen LogP contribution is -2.32. The average molecular weight is 276 g/mol. The van der Waals surface area contributed by atoms with Crippen molar-refractivity contribution < 1.29 is 19.2 Å². The summed E-state index contributed by atoms with van der Waals surface area (Å²) in [7, 11) is 0. The normalized spacial score (nSPS) is 14.2. The molecule has 0 atom stereocenters. The minimum absolute atomic E-state index is 0.0639. The molecule has 0 spiro atoms. The van der Waals surface area contributed by atoms with Crippen molar-refractivity contribution in [3.05, 3.63) is 29.8 Å². The molecule has 1 aliphatic rings. The number of rotatable bonds is 3. The zero-order chi connectivity index (χ0) is 13.8. The van der Waals surface area contributed by atoms with E-state index in [0.29, 0.717) is 10.8 Å². The van der Waals surface area contributed by atoms with Crippen LogP contribution in [0.4, 0.5) is 5.69 Å². The first kappa shape index (κ1) is 13.1. The third-order valence-corrected chi connectivity index (χ3v) is 2.55. The fourth-order valence-corrected chi connectivity index (χ4v) is 1.62. The van der Waals surface area contributed by atoms with Gasteiger partial charge >= 0.3 is 5.97 Å². The Balaban J connectivity index is 2.09. The van der Waals surface area contributed by atoms with Gasteiger partial charge in [-0.1, -0.05) is 0 Å². The minimum atomic E-state index is -0.776. The highest BCUT2D eigenvalue weighted by molar-refractivity contribution is 7.78. The number of hydrogen-bond donors (Lipinski definition) is 0. The van der Waals surface area contributed by atoms with Crippen LogP contribution in [0.15, 0.2) is 29.3 Å². The van der Waals surface area contributed by atoms with Crippen molar-refractivity contribution in [2.45, 2.75) is 12.8 Å². The van der Waals surface area contributed by atoms with Gasteiger partial charge in [-0.2, -0.15) is 4.99 Å². The van der Waals surface area contributed by atoms with Crippen molar-refractivity contribution in [3.8, 4) is 0 Å². The summed E-state index contributed by atoms with van der Waals surface area (Å²) in [6.07, 6.45) is 0.128. The van der Waals surface area contributed by atoms with Gasteiger partial charge < -0.3 is 4.84 Å². The van der Waals surface area contributed by atoms with Gasteiger partial charge in [0.15, 0.2) is 0 Å². The second-order valence-electron chi connectivity index (χ2n) is 3.71.